The molecule has 2 heterocycles. The van der Waals surface area contributed by atoms with Crippen molar-refractivity contribution in [2.45, 2.75) is 26.0 Å². The molecule has 0 radical (unpaired) electrons. The molecule has 3 aromatic rings. The Kier molecular flexibility index (Phi) is 4.53. The molecule has 0 aliphatic carbocycles. The van der Waals surface area contributed by atoms with Crippen LogP contribution < -0.4 is 0 Å². The van der Waals surface area contributed by atoms with E-state index in [1.165, 1.54) is 6.92 Å². The van der Waals surface area contributed by atoms with Gasteiger partial charge in [-0.15, -0.1) is 0 Å². The number of H-pyrrole nitrogens is 1. The molecule has 0 saturated heterocycles. The summed E-state index contributed by atoms with van der Waals surface area (Å²) >= 11 is 0. The lowest BCUT2D eigenvalue weighted by Crippen LogP contribution is -2.05. The maximum atomic E-state index is 12.8. The standard InChI is InChI=1S/C19H19NO3S/c1-12(11-23-14(3)21)24-9-8-16(13(24)2)19(22)18-10-15-6-4-5-7-17(15)20-18/h4-10,12H,11H2,1-3H3/p+1. The summed E-state index contributed by atoms with van der Waals surface area (Å²) in [5.74, 6) is -0.265. The molecule has 0 aliphatic rings. The summed E-state index contributed by atoms with van der Waals surface area (Å²) in [6.07, 6.45) is 0. The first kappa shape index (κ1) is 16.5. The maximum absolute atomic E-state index is 12.8. The van der Waals surface area contributed by atoms with E-state index in [4.69, 9.17) is 4.74 Å². The largest absolute Gasteiger partial charge is 0.460 e. The van der Waals surface area contributed by atoms with Gasteiger partial charge in [0.1, 0.15) is 12.0 Å². The van der Waals surface area contributed by atoms with Gasteiger partial charge >= 0.3 is 5.97 Å². The average molecular weight is 342 g/mol. The van der Waals surface area contributed by atoms with Crippen molar-refractivity contribution in [2.24, 2.45) is 0 Å². The number of hydrogen-bond donors (Lipinski definition) is 1. The van der Waals surface area contributed by atoms with Crippen LogP contribution in [0.4, 0.5) is 0 Å². The molecule has 2 aromatic heterocycles. The molecule has 2 atom stereocenters. The molecule has 0 spiro atoms. The van der Waals surface area contributed by atoms with Crippen LogP contribution in [-0.4, -0.2) is 23.3 Å². The second-order valence-corrected chi connectivity index (χ2v) is 8.29. The minimum atomic E-state index is -0.273. The van der Waals surface area contributed by atoms with E-state index in [1.807, 2.05) is 50.2 Å². The molecular formula is C19H20NO3S+. The number of ether oxygens (including phenoxy) is 1. The number of aromatic nitrogens is 1. The fourth-order valence-electron chi connectivity index (χ4n) is 2.81. The quantitative estimate of drug-likeness (QED) is 0.419. The van der Waals surface area contributed by atoms with Crippen LogP contribution in [0.15, 0.2) is 41.8 Å². The third kappa shape index (κ3) is 3.12. The number of hydrogen-bond acceptors (Lipinski definition) is 3. The summed E-state index contributed by atoms with van der Waals surface area (Å²) in [7, 11) is -0.188. The number of rotatable bonds is 5. The van der Waals surface area contributed by atoms with Crippen LogP contribution >= 0.6 is 10.5 Å². The van der Waals surface area contributed by atoms with Crippen LogP contribution in [0.5, 0.6) is 0 Å². The lowest BCUT2D eigenvalue weighted by Gasteiger charge is -2.05. The summed E-state index contributed by atoms with van der Waals surface area (Å²) in [6.45, 7) is 5.81. The van der Waals surface area contributed by atoms with Gasteiger partial charge in [-0.1, -0.05) is 18.2 Å². The minimum Gasteiger partial charge on any atom is -0.460 e. The minimum absolute atomic E-state index is 0.00892. The van der Waals surface area contributed by atoms with E-state index in [-0.39, 0.29) is 27.5 Å². The van der Waals surface area contributed by atoms with Gasteiger partial charge < -0.3 is 9.72 Å². The lowest BCUT2D eigenvalue weighted by molar-refractivity contribution is -0.141. The highest BCUT2D eigenvalue weighted by Crippen LogP contribution is 2.38. The number of ketones is 1. The smallest absolute Gasteiger partial charge is 0.302 e. The van der Waals surface area contributed by atoms with E-state index >= 15 is 0 Å². The Balaban J connectivity index is 1.86. The summed E-state index contributed by atoms with van der Waals surface area (Å²) in [6, 6.07) is 11.6. The monoisotopic (exact) mass is 342 g/mol. The van der Waals surface area contributed by atoms with E-state index in [2.05, 4.69) is 10.4 Å². The number of benzene rings is 1. The number of esters is 1. The van der Waals surface area contributed by atoms with Crippen molar-refractivity contribution in [1.82, 2.24) is 4.98 Å². The van der Waals surface area contributed by atoms with Crippen molar-refractivity contribution in [2.75, 3.05) is 6.61 Å². The molecule has 0 aliphatic heterocycles. The molecule has 0 saturated carbocycles. The van der Waals surface area contributed by atoms with Crippen molar-refractivity contribution >= 4 is 33.1 Å². The van der Waals surface area contributed by atoms with Crippen molar-refractivity contribution in [3.8, 4) is 0 Å². The summed E-state index contributed by atoms with van der Waals surface area (Å²) in [5.41, 5.74) is 2.30. The van der Waals surface area contributed by atoms with Crippen LogP contribution in [0, 0.1) is 6.92 Å². The molecule has 2 unspecified atom stereocenters. The molecule has 4 nitrogen and oxygen atoms in total. The molecule has 1 N–H and O–H groups in total. The number of para-hydroxylation sites is 1. The summed E-state index contributed by atoms with van der Waals surface area (Å²) in [5, 5.41) is 3.25. The van der Waals surface area contributed by atoms with E-state index < -0.39 is 0 Å². The van der Waals surface area contributed by atoms with Crippen LogP contribution in [0.2, 0.25) is 0 Å². The molecule has 3 rings (SSSR count). The van der Waals surface area contributed by atoms with Crippen LogP contribution in [0.3, 0.4) is 0 Å². The van der Waals surface area contributed by atoms with Gasteiger partial charge in [-0.3, -0.25) is 9.59 Å². The number of aromatic amines is 1. The highest BCUT2D eigenvalue weighted by Gasteiger charge is 2.27. The van der Waals surface area contributed by atoms with Gasteiger partial charge in [0.15, 0.2) is 10.1 Å². The normalized spacial score (nSPS) is 13.0. The second-order valence-electron chi connectivity index (χ2n) is 5.86. The van der Waals surface area contributed by atoms with Gasteiger partial charge in [0.25, 0.3) is 0 Å². The second kappa shape index (κ2) is 6.61. The Hall–Kier alpha value is -2.40. The molecule has 5 heteroatoms. The van der Waals surface area contributed by atoms with E-state index in [1.54, 1.807) is 0 Å². The topological polar surface area (TPSA) is 59.2 Å². The SMILES string of the molecule is CC(=O)OCC(C)[s+]1ccc(C(=O)c2cc3ccccc3[nH]2)c1C. The summed E-state index contributed by atoms with van der Waals surface area (Å²) < 4.78 is 5.11. The fraction of sp³-hybridized carbons (Fsp3) is 0.263. The van der Waals surface area contributed by atoms with Crippen molar-refractivity contribution in [3.63, 3.8) is 0 Å². The van der Waals surface area contributed by atoms with Gasteiger partial charge in [-0.2, -0.15) is 0 Å². The average Bonchev–Trinajstić information content (AvgIpc) is 3.15. The zero-order valence-electron chi connectivity index (χ0n) is 14.0. The van der Waals surface area contributed by atoms with Gasteiger partial charge in [-0.25, -0.2) is 0 Å². The first-order valence-electron chi connectivity index (χ1n) is 7.84. The molecular weight excluding hydrogens is 322 g/mol. The van der Waals surface area contributed by atoms with E-state index in [0.717, 1.165) is 21.3 Å². The van der Waals surface area contributed by atoms with Crippen LogP contribution in [0.25, 0.3) is 10.9 Å². The van der Waals surface area contributed by atoms with E-state index in [0.29, 0.717) is 12.3 Å². The van der Waals surface area contributed by atoms with Crippen LogP contribution in [-0.2, 0) is 9.53 Å². The molecule has 124 valence electrons. The maximum Gasteiger partial charge on any atom is 0.302 e. The number of fused-ring (bicyclic) bond motifs is 1. The first-order valence-corrected chi connectivity index (χ1v) is 9.19. The number of thiophene rings is 1. The highest BCUT2D eigenvalue weighted by molar-refractivity contribution is 7.30. The Labute approximate surface area is 143 Å². The van der Waals surface area contributed by atoms with Gasteiger partial charge in [0, 0.05) is 30.8 Å². The number of nitrogens with one attached hydrogen (secondary N) is 1. The van der Waals surface area contributed by atoms with Gasteiger partial charge in [0.05, 0.1) is 11.3 Å². The summed E-state index contributed by atoms with van der Waals surface area (Å²) in [4.78, 5) is 28.1. The van der Waals surface area contributed by atoms with Crippen molar-refractivity contribution in [1.29, 1.82) is 0 Å². The predicted octanol–water partition coefficient (Wildman–Crippen LogP) is 4.58. The Bertz CT molecular complexity index is 873. The van der Waals surface area contributed by atoms with Gasteiger partial charge in [0.2, 0.25) is 5.78 Å². The zero-order chi connectivity index (χ0) is 17.3. The van der Waals surface area contributed by atoms with Gasteiger partial charge in [-0.05, 0) is 29.5 Å². The molecule has 0 amide bonds. The Morgan fingerprint density at radius 2 is 2.00 bits per heavy atom. The molecule has 0 bridgehead atoms. The number of carbonyl (C=O) groups excluding carboxylic acids is 2. The zero-order valence-corrected chi connectivity index (χ0v) is 14.8. The Morgan fingerprint density at radius 1 is 1.25 bits per heavy atom. The number of carbonyl (C=O) groups is 2. The van der Waals surface area contributed by atoms with Crippen molar-refractivity contribution < 1.29 is 14.3 Å². The highest BCUT2D eigenvalue weighted by atomic mass is 32.2. The molecule has 0 fully saturated rings. The van der Waals surface area contributed by atoms with Crippen molar-refractivity contribution in [3.05, 3.63) is 57.9 Å². The molecule has 24 heavy (non-hydrogen) atoms. The third-order valence-corrected chi connectivity index (χ3v) is 6.45. The lowest BCUT2D eigenvalue weighted by atomic mass is 10.1. The van der Waals surface area contributed by atoms with Crippen LogP contribution in [0.1, 0.15) is 40.0 Å². The molecule has 1 aromatic carbocycles. The Morgan fingerprint density at radius 3 is 2.71 bits per heavy atom. The first-order chi connectivity index (χ1) is 11.5. The van der Waals surface area contributed by atoms with E-state index in [9.17, 15) is 9.59 Å². The fourth-order valence-corrected chi connectivity index (χ4v) is 4.80. The predicted molar refractivity (Wildman–Crippen MR) is 96.7 cm³/mol. The third-order valence-electron chi connectivity index (χ3n) is 4.09.